The molecule has 246 valence electrons. The molecule has 4 heterocycles. The molecule has 4 atom stereocenters. The lowest BCUT2D eigenvalue weighted by atomic mass is 9.80. The molecule has 2 aromatic carbocycles. The van der Waals surface area contributed by atoms with Crippen molar-refractivity contribution >= 4 is 23.1 Å². The predicted molar refractivity (Wildman–Crippen MR) is 175 cm³/mol. The second kappa shape index (κ2) is 14.3. The van der Waals surface area contributed by atoms with E-state index in [2.05, 4.69) is 53.6 Å². The summed E-state index contributed by atoms with van der Waals surface area (Å²) in [6.07, 6.45) is 3.53. The van der Waals surface area contributed by atoms with Crippen LogP contribution in [-0.2, 0) is 9.53 Å². The highest BCUT2D eigenvalue weighted by Crippen LogP contribution is 2.34. The molecule has 0 spiro atoms. The molecule has 4 fully saturated rings. The number of rotatable bonds is 9. The molecule has 47 heavy (non-hydrogen) atoms. The minimum Gasteiger partial charge on any atom is -0.486 e. The number of Topliss-reactive ketones (excluding diaryl/α,β-unsaturated/α-hetero) is 1. The van der Waals surface area contributed by atoms with E-state index in [1.807, 2.05) is 12.1 Å². The van der Waals surface area contributed by atoms with E-state index in [9.17, 15) is 10.1 Å². The van der Waals surface area contributed by atoms with Crippen LogP contribution in [-0.4, -0.2) is 95.9 Å². The van der Waals surface area contributed by atoms with Crippen LogP contribution in [0.5, 0.6) is 5.75 Å². The summed E-state index contributed by atoms with van der Waals surface area (Å²) in [6.45, 7) is 6.60. The average Bonchev–Trinajstić information content (AvgIpc) is 3.09. The van der Waals surface area contributed by atoms with Crippen molar-refractivity contribution in [2.24, 2.45) is 5.92 Å². The Morgan fingerprint density at radius 3 is 2.57 bits per heavy atom. The summed E-state index contributed by atoms with van der Waals surface area (Å²) in [5, 5.41) is 16.4. The molecule has 2 unspecified atom stereocenters. The van der Waals surface area contributed by atoms with E-state index < -0.39 is 12.3 Å². The number of anilines is 3. The van der Waals surface area contributed by atoms with E-state index in [1.165, 1.54) is 12.0 Å². The first-order chi connectivity index (χ1) is 23.0. The van der Waals surface area contributed by atoms with Crippen LogP contribution in [0.4, 0.5) is 21.7 Å². The molecular formula is C35H41FN8O3. The Morgan fingerprint density at radius 2 is 1.87 bits per heavy atom. The maximum atomic E-state index is 15.3. The van der Waals surface area contributed by atoms with Gasteiger partial charge in [0.15, 0.2) is 11.6 Å². The third kappa shape index (κ3) is 7.22. The van der Waals surface area contributed by atoms with Gasteiger partial charge in [-0.3, -0.25) is 9.69 Å². The third-order valence-corrected chi connectivity index (χ3v) is 9.92. The maximum Gasteiger partial charge on any atom is 0.230 e. The molecule has 7 rings (SSSR count). The Bertz CT molecular complexity index is 1580. The van der Waals surface area contributed by atoms with Crippen molar-refractivity contribution in [1.29, 1.82) is 5.26 Å². The minimum absolute atomic E-state index is 0.126. The first-order valence-corrected chi connectivity index (χ1v) is 16.8. The van der Waals surface area contributed by atoms with Gasteiger partial charge in [0, 0.05) is 49.0 Å². The summed E-state index contributed by atoms with van der Waals surface area (Å²) in [4.78, 5) is 31.0. The summed E-state index contributed by atoms with van der Waals surface area (Å²) < 4.78 is 26.6. The van der Waals surface area contributed by atoms with E-state index in [-0.39, 0.29) is 29.7 Å². The van der Waals surface area contributed by atoms with Crippen LogP contribution in [0.25, 0.3) is 11.4 Å². The quantitative estimate of drug-likeness (QED) is 0.348. The second-order valence-electron chi connectivity index (χ2n) is 12.9. The smallest absolute Gasteiger partial charge is 0.230 e. The molecule has 2 N–H and O–H groups in total. The summed E-state index contributed by atoms with van der Waals surface area (Å²) in [5.41, 5.74) is 2.92. The number of carbonyl (C=O) groups excluding carboxylic acids is 1. The molecule has 0 amide bonds. The zero-order valence-corrected chi connectivity index (χ0v) is 26.5. The standard InChI is InChI=1S/C35H41FN8O3/c36-29-18-23(33(45)30-3-1-2-12-38-30)4-11-32(29)47-31-10-5-24(17-25(31)19-37)34-39-22-40-35(42-34)41-26-6-8-27(9-7-26)43-13-15-44(16-14-43)28-20-46-21-28/h5-10,17,22-23,28-30,32,38H,1-4,11-16,18,20-21H2,(H,39,40,41,42)/t23?,29-,30?,32+/m1/s1. The van der Waals surface area contributed by atoms with Crippen LogP contribution in [0.15, 0.2) is 48.8 Å². The van der Waals surface area contributed by atoms with Gasteiger partial charge in [-0.25, -0.2) is 14.4 Å². The number of nitrogens with zero attached hydrogens (tertiary/aromatic N) is 6. The number of ketones is 1. The molecule has 3 aromatic rings. The lowest BCUT2D eigenvalue weighted by Crippen LogP contribution is -2.56. The molecule has 0 radical (unpaired) electrons. The number of nitriles is 1. The van der Waals surface area contributed by atoms with Crippen molar-refractivity contribution in [2.75, 3.05) is 56.2 Å². The van der Waals surface area contributed by atoms with Gasteiger partial charge in [0.2, 0.25) is 5.95 Å². The van der Waals surface area contributed by atoms with Gasteiger partial charge in [0.05, 0.1) is 30.9 Å². The molecule has 0 bridgehead atoms. The van der Waals surface area contributed by atoms with Gasteiger partial charge < -0.3 is 25.0 Å². The van der Waals surface area contributed by atoms with Crippen LogP contribution in [0.3, 0.4) is 0 Å². The number of carbonyl (C=O) groups is 1. The number of benzene rings is 2. The number of ether oxygens (including phenoxy) is 2. The summed E-state index contributed by atoms with van der Waals surface area (Å²) in [6, 6.07) is 15.9. The van der Waals surface area contributed by atoms with Crippen LogP contribution >= 0.6 is 0 Å². The number of hydrogen-bond donors (Lipinski definition) is 2. The molecule has 1 aromatic heterocycles. The van der Waals surface area contributed by atoms with E-state index >= 15 is 4.39 Å². The molecule has 11 nitrogen and oxygen atoms in total. The van der Waals surface area contributed by atoms with Crippen molar-refractivity contribution in [3.05, 3.63) is 54.4 Å². The van der Waals surface area contributed by atoms with Gasteiger partial charge in [-0.05, 0) is 81.1 Å². The van der Waals surface area contributed by atoms with E-state index in [4.69, 9.17) is 9.47 Å². The molecule has 1 aliphatic carbocycles. The number of nitrogens with one attached hydrogen (secondary N) is 2. The minimum atomic E-state index is -1.28. The fourth-order valence-corrected chi connectivity index (χ4v) is 7.04. The SMILES string of the molecule is N#Cc1cc(-c2ncnc(Nc3ccc(N4CCN(C5COC5)CC4)cc3)n2)ccc1O[C@H]1CCC(C(=O)C2CCCCN2)C[C@H]1F. The number of piperidine rings is 1. The van der Waals surface area contributed by atoms with Gasteiger partial charge in [-0.15, -0.1) is 0 Å². The largest absolute Gasteiger partial charge is 0.486 e. The molecule has 3 aliphatic heterocycles. The number of aromatic nitrogens is 3. The molecular weight excluding hydrogens is 599 g/mol. The van der Waals surface area contributed by atoms with Crippen molar-refractivity contribution in [1.82, 2.24) is 25.2 Å². The van der Waals surface area contributed by atoms with Gasteiger partial charge in [-0.1, -0.05) is 6.42 Å². The van der Waals surface area contributed by atoms with E-state index in [0.717, 1.165) is 70.9 Å². The Labute approximate surface area is 274 Å². The van der Waals surface area contributed by atoms with Crippen LogP contribution in [0, 0.1) is 17.2 Å². The highest BCUT2D eigenvalue weighted by atomic mass is 19.1. The topological polar surface area (TPSA) is 129 Å². The van der Waals surface area contributed by atoms with Gasteiger partial charge in [-0.2, -0.15) is 10.2 Å². The zero-order valence-electron chi connectivity index (χ0n) is 26.5. The maximum absolute atomic E-state index is 15.3. The predicted octanol–water partition coefficient (Wildman–Crippen LogP) is 4.27. The van der Waals surface area contributed by atoms with Gasteiger partial charge >= 0.3 is 0 Å². The average molecular weight is 641 g/mol. The van der Waals surface area contributed by atoms with E-state index in [0.29, 0.717) is 42.0 Å². The van der Waals surface area contributed by atoms with E-state index in [1.54, 1.807) is 18.2 Å². The monoisotopic (exact) mass is 640 g/mol. The Hall–Kier alpha value is -4.18. The Morgan fingerprint density at radius 1 is 1.04 bits per heavy atom. The van der Waals surface area contributed by atoms with Crippen LogP contribution < -0.4 is 20.3 Å². The molecule has 12 heteroatoms. The van der Waals surface area contributed by atoms with Crippen LogP contribution in [0.2, 0.25) is 0 Å². The highest BCUT2D eigenvalue weighted by Gasteiger charge is 2.38. The summed E-state index contributed by atoms with van der Waals surface area (Å²) in [5.74, 6) is 0.925. The first kappa shape index (κ1) is 31.4. The Balaban J connectivity index is 0.954. The fourth-order valence-electron chi connectivity index (χ4n) is 7.04. The van der Waals surface area contributed by atoms with Gasteiger partial charge in [0.25, 0.3) is 0 Å². The normalized spacial score (nSPS) is 25.4. The number of piperazine rings is 1. The highest BCUT2D eigenvalue weighted by molar-refractivity contribution is 5.86. The summed E-state index contributed by atoms with van der Waals surface area (Å²) in [7, 11) is 0. The number of hydrogen-bond acceptors (Lipinski definition) is 11. The molecule has 1 saturated carbocycles. The van der Waals surface area contributed by atoms with Crippen molar-refractivity contribution in [3.63, 3.8) is 0 Å². The zero-order chi connectivity index (χ0) is 32.2. The lowest BCUT2D eigenvalue weighted by Gasteiger charge is -2.43. The first-order valence-electron chi connectivity index (χ1n) is 16.8. The van der Waals surface area contributed by atoms with Crippen molar-refractivity contribution in [3.8, 4) is 23.2 Å². The fraction of sp³-hybridized carbons (Fsp3) is 0.514. The van der Waals surface area contributed by atoms with Crippen LogP contribution in [0.1, 0.15) is 44.1 Å². The second-order valence-corrected chi connectivity index (χ2v) is 12.9. The summed E-state index contributed by atoms with van der Waals surface area (Å²) >= 11 is 0. The lowest BCUT2D eigenvalue weighted by molar-refractivity contribution is -0.128. The Kier molecular flexibility index (Phi) is 9.56. The number of halogens is 1. The van der Waals surface area contributed by atoms with Crippen molar-refractivity contribution < 1.29 is 18.7 Å². The molecule has 4 aliphatic rings. The van der Waals surface area contributed by atoms with Gasteiger partial charge in [0.1, 0.15) is 30.4 Å². The third-order valence-electron chi connectivity index (χ3n) is 9.92. The molecule has 3 saturated heterocycles. The van der Waals surface area contributed by atoms with Crippen molar-refractivity contribution in [2.45, 2.75) is 62.9 Å². The number of alkyl halides is 1.